The van der Waals surface area contributed by atoms with Gasteiger partial charge in [-0.2, -0.15) is 10.1 Å². The molecule has 2 aromatic heterocycles. The summed E-state index contributed by atoms with van der Waals surface area (Å²) >= 11 is 0. The maximum Gasteiger partial charge on any atom is 0.261 e. The molecule has 2 heterocycles. The van der Waals surface area contributed by atoms with Crippen molar-refractivity contribution in [2.75, 3.05) is 0 Å². The molecule has 0 unspecified atom stereocenters. The van der Waals surface area contributed by atoms with Crippen molar-refractivity contribution >= 4 is 0 Å². The average molecular weight is 221 g/mol. The summed E-state index contributed by atoms with van der Waals surface area (Å²) in [4.78, 5) is 4.27. The van der Waals surface area contributed by atoms with Crippen LogP contribution in [0.2, 0.25) is 0 Å². The van der Waals surface area contributed by atoms with Gasteiger partial charge in [0.2, 0.25) is 0 Å². The van der Waals surface area contributed by atoms with Crippen LogP contribution >= 0.6 is 0 Å². The van der Waals surface area contributed by atoms with E-state index in [9.17, 15) is 0 Å². The quantitative estimate of drug-likeness (QED) is 0.833. The molecule has 0 atom stereocenters. The number of hydrogen-bond acceptors (Lipinski definition) is 5. The standard InChI is InChI=1S/C10H15N5O/c1-7(2)11-5-9-13-10(16-14-9)8-4-12-15(3)6-8/h4,6-7,11H,5H2,1-3H3. The van der Waals surface area contributed by atoms with E-state index < -0.39 is 0 Å². The van der Waals surface area contributed by atoms with Crippen LogP contribution in [0.25, 0.3) is 11.5 Å². The van der Waals surface area contributed by atoms with E-state index in [2.05, 4.69) is 34.4 Å². The minimum atomic E-state index is 0.403. The number of aryl methyl sites for hydroxylation is 1. The largest absolute Gasteiger partial charge is 0.334 e. The van der Waals surface area contributed by atoms with Crippen molar-refractivity contribution in [2.45, 2.75) is 26.4 Å². The van der Waals surface area contributed by atoms with Gasteiger partial charge in [0.15, 0.2) is 5.82 Å². The molecule has 2 rings (SSSR count). The van der Waals surface area contributed by atoms with Crippen LogP contribution < -0.4 is 5.32 Å². The molecule has 6 nitrogen and oxygen atoms in total. The lowest BCUT2D eigenvalue weighted by molar-refractivity contribution is 0.417. The normalized spacial score (nSPS) is 11.2. The highest BCUT2D eigenvalue weighted by Crippen LogP contribution is 2.15. The predicted octanol–water partition coefficient (Wildman–Crippen LogP) is 0.968. The minimum Gasteiger partial charge on any atom is -0.334 e. The molecular formula is C10H15N5O. The first-order chi connectivity index (χ1) is 7.65. The summed E-state index contributed by atoms with van der Waals surface area (Å²) in [5, 5.41) is 11.2. The van der Waals surface area contributed by atoms with Gasteiger partial charge in [-0.05, 0) is 0 Å². The summed E-state index contributed by atoms with van der Waals surface area (Å²) in [5.74, 6) is 1.17. The highest BCUT2D eigenvalue weighted by Gasteiger charge is 2.10. The van der Waals surface area contributed by atoms with Gasteiger partial charge in [-0.25, -0.2) is 0 Å². The first-order valence-corrected chi connectivity index (χ1v) is 5.20. The van der Waals surface area contributed by atoms with Gasteiger partial charge in [0.05, 0.1) is 18.3 Å². The van der Waals surface area contributed by atoms with Crippen LogP contribution in [0.1, 0.15) is 19.7 Å². The van der Waals surface area contributed by atoms with Crippen molar-refractivity contribution in [1.29, 1.82) is 0 Å². The molecule has 0 saturated carbocycles. The van der Waals surface area contributed by atoms with E-state index >= 15 is 0 Å². The fraction of sp³-hybridized carbons (Fsp3) is 0.500. The second kappa shape index (κ2) is 4.44. The SMILES string of the molecule is CC(C)NCc1noc(-c2cnn(C)c2)n1. The van der Waals surface area contributed by atoms with Gasteiger partial charge in [-0.1, -0.05) is 19.0 Å². The number of rotatable bonds is 4. The summed E-state index contributed by atoms with van der Waals surface area (Å²) in [6.45, 7) is 4.76. The molecule has 0 aliphatic carbocycles. The molecule has 0 aliphatic heterocycles. The van der Waals surface area contributed by atoms with Crippen molar-refractivity contribution < 1.29 is 4.52 Å². The van der Waals surface area contributed by atoms with Gasteiger partial charge < -0.3 is 9.84 Å². The van der Waals surface area contributed by atoms with Gasteiger partial charge in [0.1, 0.15) is 0 Å². The van der Waals surface area contributed by atoms with Crippen LogP contribution in [0.4, 0.5) is 0 Å². The molecule has 16 heavy (non-hydrogen) atoms. The molecule has 1 N–H and O–H groups in total. The molecule has 0 spiro atoms. The van der Waals surface area contributed by atoms with Gasteiger partial charge >= 0.3 is 0 Å². The summed E-state index contributed by atoms with van der Waals surface area (Å²) in [6, 6.07) is 0.403. The minimum absolute atomic E-state index is 0.403. The molecule has 2 aromatic rings. The van der Waals surface area contributed by atoms with Crippen molar-refractivity contribution in [3.05, 3.63) is 18.2 Å². The Hall–Kier alpha value is -1.69. The molecule has 0 bridgehead atoms. The Balaban J connectivity index is 2.07. The van der Waals surface area contributed by atoms with Gasteiger partial charge in [-0.3, -0.25) is 4.68 Å². The molecule has 0 radical (unpaired) electrons. The summed E-state index contributed by atoms with van der Waals surface area (Å²) in [6.07, 6.45) is 3.54. The summed E-state index contributed by atoms with van der Waals surface area (Å²) < 4.78 is 6.84. The number of nitrogens with one attached hydrogen (secondary N) is 1. The zero-order valence-electron chi connectivity index (χ0n) is 9.64. The predicted molar refractivity (Wildman–Crippen MR) is 58.5 cm³/mol. The Kier molecular flexibility index (Phi) is 3.00. The van der Waals surface area contributed by atoms with Crippen LogP contribution in [0.5, 0.6) is 0 Å². The Morgan fingerprint density at radius 1 is 1.50 bits per heavy atom. The maximum absolute atomic E-state index is 5.14. The third-order valence-electron chi connectivity index (χ3n) is 2.09. The van der Waals surface area contributed by atoms with E-state index in [-0.39, 0.29) is 0 Å². The van der Waals surface area contributed by atoms with Crippen molar-refractivity contribution in [3.63, 3.8) is 0 Å². The second-order valence-corrected chi connectivity index (χ2v) is 3.95. The molecule has 0 aromatic carbocycles. The molecule has 0 fully saturated rings. The van der Waals surface area contributed by atoms with Crippen LogP contribution in [-0.4, -0.2) is 26.0 Å². The monoisotopic (exact) mass is 221 g/mol. The van der Waals surface area contributed by atoms with E-state index in [1.807, 2.05) is 13.2 Å². The van der Waals surface area contributed by atoms with Crippen LogP contribution in [0, 0.1) is 0 Å². The molecular weight excluding hydrogens is 206 g/mol. The summed E-state index contributed by atoms with van der Waals surface area (Å²) in [5.41, 5.74) is 0.839. The Labute approximate surface area is 93.7 Å². The Morgan fingerprint density at radius 2 is 2.31 bits per heavy atom. The fourth-order valence-electron chi connectivity index (χ4n) is 1.27. The van der Waals surface area contributed by atoms with Gasteiger partial charge in [-0.15, -0.1) is 0 Å². The zero-order chi connectivity index (χ0) is 11.5. The fourth-order valence-corrected chi connectivity index (χ4v) is 1.27. The third-order valence-corrected chi connectivity index (χ3v) is 2.09. The molecule has 86 valence electrons. The van der Waals surface area contributed by atoms with Crippen LogP contribution in [0.3, 0.4) is 0 Å². The number of nitrogens with zero attached hydrogens (tertiary/aromatic N) is 4. The lowest BCUT2D eigenvalue weighted by atomic mass is 10.3. The third kappa shape index (κ3) is 2.46. The smallest absolute Gasteiger partial charge is 0.261 e. The van der Waals surface area contributed by atoms with E-state index in [4.69, 9.17) is 4.52 Å². The molecule has 6 heteroatoms. The lowest BCUT2D eigenvalue weighted by Crippen LogP contribution is -2.22. The lowest BCUT2D eigenvalue weighted by Gasteiger charge is -2.02. The van der Waals surface area contributed by atoms with E-state index in [0.717, 1.165) is 5.56 Å². The number of hydrogen-bond donors (Lipinski definition) is 1. The van der Waals surface area contributed by atoms with Crippen LogP contribution in [-0.2, 0) is 13.6 Å². The Morgan fingerprint density at radius 3 is 2.94 bits per heavy atom. The topological polar surface area (TPSA) is 68.8 Å². The first kappa shape index (κ1) is 10.8. The highest BCUT2D eigenvalue weighted by molar-refractivity contribution is 5.49. The first-order valence-electron chi connectivity index (χ1n) is 5.20. The van der Waals surface area contributed by atoms with Gasteiger partial charge in [0, 0.05) is 19.3 Å². The second-order valence-electron chi connectivity index (χ2n) is 3.95. The molecule has 0 aliphatic rings. The zero-order valence-corrected chi connectivity index (χ0v) is 9.64. The van der Waals surface area contributed by atoms with E-state index in [1.165, 1.54) is 0 Å². The molecule has 0 amide bonds. The average Bonchev–Trinajstić information content (AvgIpc) is 2.83. The summed E-state index contributed by atoms with van der Waals surface area (Å²) in [7, 11) is 1.85. The number of aromatic nitrogens is 4. The molecule has 0 saturated heterocycles. The van der Waals surface area contributed by atoms with Crippen LogP contribution in [0.15, 0.2) is 16.9 Å². The van der Waals surface area contributed by atoms with Crippen molar-refractivity contribution in [2.24, 2.45) is 7.05 Å². The van der Waals surface area contributed by atoms with E-state index in [0.29, 0.717) is 24.3 Å². The van der Waals surface area contributed by atoms with Gasteiger partial charge in [0.25, 0.3) is 5.89 Å². The highest BCUT2D eigenvalue weighted by atomic mass is 16.5. The van der Waals surface area contributed by atoms with E-state index in [1.54, 1.807) is 10.9 Å². The maximum atomic E-state index is 5.14. The van der Waals surface area contributed by atoms with Crippen molar-refractivity contribution in [1.82, 2.24) is 25.2 Å². The van der Waals surface area contributed by atoms with Crippen molar-refractivity contribution in [3.8, 4) is 11.5 Å². The Bertz CT molecular complexity index is 459.